The van der Waals surface area contributed by atoms with E-state index >= 15 is 0 Å². The quantitative estimate of drug-likeness (QED) is 0.620. The Balaban J connectivity index is 1.63. The molecule has 2 saturated carbocycles. The van der Waals surface area contributed by atoms with Crippen LogP contribution < -0.4 is 10.2 Å². The van der Waals surface area contributed by atoms with Gasteiger partial charge >= 0.3 is 0 Å². The Kier molecular flexibility index (Phi) is 4.36. The molecule has 2 N–H and O–H groups in total. The zero-order valence-corrected chi connectivity index (χ0v) is 14.9. The predicted molar refractivity (Wildman–Crippen MR) is 91.7 cm³/mol. The van der Waals surface area contributed by atoms with E-state index in [1.165, 1.54) is 20.0 Å². The van der Waals surface area contributed by atoms with Gasteiger partial charge in [0.25, 0.3) is 0 Å². The van der Waals surface area contributed by atoms with Gasteiger partial charge < -0.3 is 9.84 Å². The zero-order valence-electron chi connectivity index (χ0n) is 13.3. The lowest BCUT2D eigenvalue weighted by Crippen LogP contribution is -2.22. The molecule has 0 saturated heterocycles. The SMILES string of the molecule is COc1cc(/C=N/NC(=O)[C@H]2[C@@H]3CCCC[C@@]32C)cc(Br)c1O. The number of methoxy groups -OCH3 is 1. The van der Waals surface area contributed by atoms with Gasteiger partial charge in [-0.25, -0.2) is 5.43 Å². The molecule has 3 rings (SSSR count). The van der Waals surface area contributed by atoms with Crippen LogP contribution >= 0.6 is 15.9 Å². The van der Waals surface area contributed by atoms with Crippen molar-refractivity contribution in [3.63, 3.8) is 0 Å². The number of carbonyl (C=O) groups excluding carboxylic acids is 1. The second kappa shape index (κ2) is 6.15. The molecule has 0 aliphatic heterocycles. The first kappa shape index (κ1) is 16.3. The summed E-state index contributed by atoms with van der Waals surface area (Å²) in [4.78, 5) is 12.3. The highest BCUT2D eigenvalue weighted by Crippen LogP contribution is 2.66. The second-order valence-electron chi connectivity index (χ2n) is 6.62. The Morgan fingerprint density at radius 2 is 2.30 bits per heavy atom. The molecule has 6 heteroatoms. The highest BCUT2D eigenvalue weighted by molar-refractivity contribution is 9.10. The fourth-order valence-electron chi connectivity index (χ4n) is 3.91. The van der Waals surface area contributed by atoms with Crippen molar-refractivity contribution in [3.8, 4) is 11.5 Å². The first-order valence-electron chi connectivity index (χ1n) is 7.87. The Labute approximate surface area is 144 Å². The average Bonchev–Trinajstić information content (AvgIpc) is 3.16. The Morgan fingerprint density at radius 1 is 1.52 bits per heavy atom. The third kappa shape index (κ3) is 2.96. The van der Waals surface area contributed by atoms with Gasteiger partial charge in [0.2, 0.25) is 5.91 Å². The van der Waals surface area contributed by atoms with E-state index in [4.69, 9.17) is 4.74 Å². The average molecular weight is 381 g/mol. The molecular weight excluding hydrogens is 360 g/mol. The van der Waals surface area contributed by atoms with E-state index in [0.717, 1.165) is 18.4 Å². The number of phenols is 1. The molecule has 0 spiro atoms. The summed E-state index contributed by atoms with van der Waals surface area (Å²) in [7, 11) is 1.49. The van der Waals surface area contributed by atoms with Crippen molar-refractivity contribution in [2.75, 3.05) is 7.11 Å². The molecular formula is C17H21BrN2O3. The molecule has 0 bridgehead atoms. The predicted octanol–water partition coefficient (Wildman–Crippen LogP) is 3.44. The van der Waals surface area contributed by atoms with Crippen LogP contribution in [-0.4, -0.2) is 24.3 Å². The number of nitrogens with one attached hydrogen (secondary N) is 1. The number of benzene rings is 1. The smallest absolute Gasteiger partial charge is 0.244 e. The number of rotatable bonds is 4. The number of fused-ring (bicyclic) bond motifs is 1. The third-order valence-corrected chi connectivity index (χ3v) is 5.88. The van der Waals surface area contributed by atoms with Crippen molar-refractivity contribution in [2.24, 2.45) is 22.4 Å². The summed E-state index contributed by atoms with van der Waals surface area (Å²) >= 11 is 3.26. The van der Waals surface area contributed by atoms with Crippen molar-refractivity contribution in [1.82, 2.24) is 5.43 Å². The normalized spacial score (nSPS) is 29.2. The third-order valence-electron chi connectivity index (χ3n) is 5.27. The number of hydrogen-bond donors (Lipinski definition) is 2. The molecule has 23 heavy (non-hydrogen) atoms. The summed E-state index contributed by atoms with van der Waals surface area (Å²) < 4.78 is 5.61. The van der Waals surface area contributed by atoms with E-state index in [9.17, 15) is 9.90 Å². The fourth-order valence-corrected chi connectivity index (χ4v) is 4.37. The molecule has 2 aliphatic carbocycles. The summed E-state index contributed by atoms with van der Waals surface area (Å²) in [6.07, 6.45) is 6.30. The van der Waals surface area contributed by atoms with E-state index in [-0.39, 0.29) is 23.0 Å². The molecule has 0 heterocycles. The zero-order chi connectivity index (χ0) is 16.6. The number of halogens is 1. The molecule has 2 fully saturated rings. The lowest BCUT2D eigenvalue weighted by molar-refractivity contribution is -0.123. The van der Waals surface area contributed by atoms with E-state index in [1.54, 1.807) is 18.3 Å². The van der Waals surface area contributed by atoms with Crippen LogP contribution in [0.1, 0.15) is 38.2 Å². The van der Waals surface area contributed by atoms with Crippen molar-refractivity contribution >= 4 is 28.1 Å². The summed E-state index contributed by atoms with van der Waals surface area (Å²) in [6.45, 7) is 2.22. The maximum atomic E-state index is 12.3. The van der Waals surface area contributed by atoms with Gasteiger partial charge in [-0.05, 0) is 57.8 Å². The van der Waals surface area contributed by atoms with Crippen LogP contribution in [0.2, 0.25) is 0 Å². The van der Waals surface area contributed by atoms with Gasteiger partial charge in [-0.15, -0.1) is 0 Å². The Hall–Kier alpha value is -1.56. The standard InChI is InChI=1S/C17H21BrN2O3/c1-17-6-4-3-5-11(17)14(17)16(22)20-19-9-10-7-12(18)15(21)13(8-10)23-2/h7-9,11,14,21H,3-6H2,1-2H3,(H,20,22)/b19-9+/t11-,14+,17-/m0/s1. The number of amides is 1. The highest BCUT2D eigenvalue weighted by Gasteiger charge is 2.64. The van der Waals surface area contributed by atoms with E-state index in [2.05, 4.69) is 33.4 Å². The summed E-state index contributed by atoms with van der Waals surface area (Å²) in [5, 5.41) is 13.8. The van der Waals surface area contributed by atoms with E-state index in [1.807, 2.05) is 0 Å². The van der Waals surface area contributed by atoms with Crippen molar-refractivity contribution in [3.05, 3.63) is 22.2 Å². The number of hydrogen-bond acceptors (Lipinski definition) is 4. The van der Waals surface area contributed by atoms with Gasteiger partial charge in [-0.3, -0.25) is 4.79 Å². The second-order valence-corrected chi connectivity index (χ2v) is 7.48. The monoisotopic (exact) mass is 380 g/mol. The van der Waals surface area contributed by atoms with Gasteiger partial charge in [-0.2, -0.15) is 5.10 Å². The number of nitrogens with zero attached hydrogens (tertiary/aromatic N) is 1. The van der Waals surface area contributed by atoms with Crippen LogP contribution in [0.5, 0.6) is 11.5 Å². The van der Waals surface area contributed by atoms with Gasteiger partial charge in [-0.1, -0.05) is 19.8 Å². The summed E-state index contributed by atoms with van der Waals surface area (Å²) in [5.41, 5.74) is 3.57. The number of aromatic hydroxyl groups is 1. The van der Waals surface area contributed by atoms with Gasteiger partial charge in [0.1, 0.15) is 0 Å². The first-order valence-corrected chi connectivity index (χ1v) is 8.66. The van der Waals surface area contributed by atoms with Crippen LogP contribution in [-0.2, 0) is 4.79 Å². The molecule has 0 radical (unpaired) electrons. The first-order chi connectivity index (χ1) is 11.0. The minimum Gasteiger partial charge on any atom is -0.503 e. The molecule has 1 aromatic rings. The van der Waals surface area contributed by atoms with Crippen LogP contribution in [0.25, 0.3) is 0 Å². The Morgan fingerprint density at radius 3 is 2.96 bits per heavy atom. The lowest BCUT2D eigenvalue weighted by atomic mass is 9.90. The van der Waals surface area contributed by atoms with Crippen molar-refractivity contribution in [1.29, 1.82) is 0 Å². The lowest BCUT2D eigenvalue weighted by Gasteiger charge is -2.15. The molecule has 3 atom stereocenters. The molecule has 0 unspecified atom stereocenters. The van der Waals surface area contributed by atoms with Gasteiger partial charge in [0, 0.05) is 5.92 Å². The minimum atomic E-state index is 0.0143. The fraction of sp³-hybridized carbons (Fsp3) is 0.529. The number of carbonyl (C=O) groups is 1. The molecule has 0 aromatic heterocycles. The molecule has 1 amide bonds. The van der Waals surface area contributed by atoms with Crippen LogP contribution in [0.3, 0.4) is 0 Å². The molecule has 5 nitrogen and oxygen atoms in total. The number of hydrazone groups is 1. The largest absolute Gasteiger partial charge is 0.503 e. The van der Waals surface area contributed by atoms with Crippen molar-refractivity contribution in [2.45, 2.75) is 32.6 Å². The van der Waals surface area contributed by atoms with Gasteiger partial charge in [0.05, 0.1) is 17.8 Å². The van der Waals surface area contributed by atoms with Gasteiger partial charge in [0.15, 0.2) is 11.5 Å². The van der Waals surface area contributed by atoms with E-state index in [0.29, 0.717) is 16.1 Å². The van der Waals surface area contributed by atoms with Crippen LogP contribution in [0.4, 0.5) is 0 Å². The molecule has 1 aromatic carbocycles. The number of ether oxygens (including phenoxy) is 1. The topological polar surface area (TPSA) is 70.9 Å². The van der Waals surface area contributed by atoms with E-state index < -0.39 is 0 Å². The van der Waals surface area contributed by atoms with Crippen molar-refractivity contribution < 1.29 is 14.6 Å². The maximum Gasteiger partial charge on any atom is 0.244 e. The van der Waals surface area contributed by atoms with Crippen LogP contribution in [0, 0.1) is 17.3 Å². The highest BCUT2D eigenvalue weighted by atomic mass is 79.9. The molecule has 124 valence electrons. The van der Waals surface area contributed by atoms with Crippen LogP contribution in [0.15, 0.2) is 21.7 Å². The number of phenolic OH excluding ortho intramolecular Hbond substituents is 1. The Bertz CT molecular complexity index is 661. The summed E-state index contributed by atoms with van der Waals surface area (Å²) in [5.74, 6) is 1.04. The minimum absolute atomic E-state index is 0.0143. The summed E-state index contributed by atoms with van der Waals surface area (Å²) in [6, 6.07) is 3.37. The molecule has 2 aliphatic rings. The maximum absolute atomic E-state index is 12.3.